The van der Waals surface area contributed by atoms with Crippen molar-refractivity contribution >= 4 is 11.2 Å². The van der Waals surface area contributed by atoms with E-state index in [4.69, 9.17) is 0 Å². The maximum Gasteiger partial charge on any atom is 0.117 e. The molecule has 0 fully saturated rings. The van der Waals surface area contributed by atoms with Crippen LogP contribution in [0.4, 0.5) is 4.70 Å². The summed E-state index contributed by atoms with van der Waals surface area (Å²) in [5, 5.41) is 0. The minimum atomic E-state index is -0.755. The van der Waals surface area contributed by atoms with Crippen molar-refractivity contribution in [1.82, 2.24) is 0 Å². The van der Waals surface area contributed by atoms with Gasteiger partial charge in [0.2, 0.25) is 0 Å². The molecular formula is C8H19FOS. The highest BCUT2D eigenvalue weighted by Crippen LogP contribution is 2.27. The maximum atomic E-state index is 11.6. The maximum absolute atomic E-state index is 11.6. The molecule has 0 aliphatic heterocycles. The molecule has 0 amide bonds. The van der Waals surface area contributed by atoms with Gasteiger partial charge in [0.25, 0.3) is 0 Å². The largest absolute Gasteiger partial charge is 0.616 e. The van der Waals surface area contributed by atoms with E-state index < -0.39 is 11.2 Å². The molecule has 0 bridgehead atoms. The Bertz CT molecular complexity index is 98.2. The number of halogens is 1. The predicted octanol–water partition coefficient (Wildman–Crippen LogP) is 2.48. The van der Waals surface area contributed by atoms with E-state index in [1.165, 1.54) is 0 Å². The van der Waals surface area contributed by atoms with Gasteiger partial charge in [-0.3, -0.25) is 4.70 Å². The van der Waals surface area contributed by atoms with Gasteiger partial charge < -0.3 is 4.55 Å². The van der Waals surface area contributed by atoms with E-state index >= 15 is 0 Å². The van der Waals surface area contributed by atoms with Crippen LogP contribution in [0.1, 0.15) is 41.5 Å². The summed E-state index contributed by atoms with van der Waals surface area (Å²) >= 11 is -0.755. The third-order valence-corrected chi connectivity index (χ3v) is 3.34. The van der Waals surface area contributed by atoms with Crippen LogP contribution >= 0.6 is 0 Å². The van der Waals surface area contributed by atoms with E-state index in [0.29, 0.717) is 0 Å². The molecule has 0 atom stereocenters. The van der Waals surface area contributed by atoms with Gasteiger partial charge in [0.15, 0.2) is 0 Å². The van der Waals surface area contributed by atoms with Crippen molar-refractivity contribution in [1.29, 1.82) is 0 Å². The molecule has 0 aliphatic carbocycles. The lowest BCUT2D eigenvalue weighted by Gasteiger charge is -2.34. The highest BCUT2D eigenvalue weighted by atomic mass is 32.2. The average molecular weight is 182 g/mol. The van der Waals surface area contributed by atoms with Gasteiger partial charge in [-0.2, -0.15) is 0 Å². The summed E-state index contributed by atoms with van der Waals surface area (Å²) < 4.78 is 11.4. The Balaban J connectivity index is 0. The normalized spacial score (nSPS) is 13.1. The van der Waals surface area contributed by atoms with E-state index in [-0.39, 0.29) is 14.2 Å². The topological polar surface area (TPSA) is 23.1 Å². The molecule has 70 valence electrons. The first-order chi connectivity index (χ1) is 4.15. The summed E-state index contributed by atoms with van der Waals surface area (Å²) in [6.07, 6.45) is 0. The Kier molecular flexibility index (Phi) is 4.72. The zero-order chi connectivity index (χ0) is 8.58. The van der Waals surface area contributed by atoms with Crippen molar-refractivity contribution in [2.75, 3.05) is 0 Å². The lowest BCUT2D eigenvalue weighted by atomic mass is 10.2. The molecule has 0 aromatic rings. The van der Waals surface area contributed by atoms with Crippen LogP contribution in [0.15, 0.2) is 0 Å². The van der Waals surface area contributed by atoms with E-state index in [1.54, 1.807) is 0 Å². The van der Waals surface area contributed by atoms with Crippen LogP contribution in [0.3, 0.4) is 0 Å². The van der Waals surface area contributed by atoms with Crippen molar-refractivity contribution in [3.05, 3.63) is 0 Å². The third kappa shape index (κ3) is 4.64. The quantitative estimate of drug-likeness (QED) is 0.528. The summed E-state index contributed by atoms with van der Waals surface area (Å²) in [6, 6.07) is 0. The van der Waals surface area contributed by atoms with Gasteiger partial charge in [0, 0.05) is 0 Å². The SMILES string of the molecule is CC(C)(C)[S+]([O-])C(C)(C)C.F. The first-order valence-electron chi connectivity index (χ1n) is 3.57. The Hall–Kier alpha value is 0.240. The van der Waals surface area contributed by atoms with Crippen molar-refractivity contribution in [2.24, 2.45) is 0 Å². The summed E-state index contributed by atoms with van der Waals surface area (Å²) in [7, 11) is 0. The second-order valence-corrected chi connectivity index (χ2v) is 7.48. The molecule has 0 N–H and O–H groups in total. The Morgan fingerprint density at radius 2 is 1.00 bits per heavy atom. The second kappa shape index (κ2) is 3.76. The highest BCUT2D eigenvalue weighted by molar-refractivity contribution is 7.94. The van der Waals surface area contributed by atoms with Crippen molar-refractivity contribution in [2.45, 2.75) is 51.0 Å². The monoisotopic (exact) mass is 182 g/mol. The van der Waals surface area contributed by atoms with E-state index in [0.717, 1.165) is 0 Å². The van der Waals surface area contributed by atoms with Gasteiger partial charge in [0.1, 0.15) is 9.49 Å². The Morgan fingerprint density at radius 1 is 0.818 bits per heavy atom. The van der Waals surface area contributed by atoms with Crippen LogP contribution in [0.2, 0.25) is 0 Å². The number of rotatable bonds is 0. The average Bonchev–Trinajstić information content (AvgIpc) is 1.59. The van der Waals surface area contributed by atoms with Gasteiger partial charge >= 0.3 is 0 Å². The van der Waals surface area contributed by atoms with Gasteiger partial charge in [-0.1, -0.05) is 0 Å². The summed E-state index contributed by atoms with van der Waals surface area (Å²) in [5.74, 6) is 0. The molecule has 0 aliphatic rings. The zero-order valence-corrected chi connectivity index (χ0v) is 9.04. The molecule has 11 heavy (non-hydrogen) atoms. The van der Waals surface area contributed by atoms with E-state index in [2.05, 4.69) is 0 Å². The molecule has 0 saturated heterocycles. The van der Waals surface area contributed by atoms with Crippen LogP contribution in [0.5, 0.6) is 0 Å². The fourth-order valence-corrected chi connectivity index (χ4v) is 2.76. The molecule has 0 rings (SSSR count). The molecule has 3 heteroatoms. The second-order valence-electron chi connectivity index (χ2n) is 4.49. The lowest BCUT2D eigenvalue weighted by molar-refractivity contribution is 0.524. The Labute approximate surface area is 72.1 Å². The molecule has 1 nitrogen and oxygen atoms in total. The molecule has 0 spiro atoms. The molecule has 0 unspecified atom stereocenters. The van der Waals surface area contributed by atoms with Gasteiger partial charge in [-0.25, -0.2) is 0 Å². The summed E-state index contributed by atoms with van der Waals surface area (Å²) in [6.45, 7) is 12.0. The molecule has 0 aromatic carbocycles. The van der Waals surface area contributed by atoms with Crippen molar-refractivity contribution in [3.8, 4) is 0 Å². The third-order valence-electron chi connectivity index (χ3n) is 1.11. The highest BCUT2D eigenvalue weighted by Gasteiger charge is 2.36. The minimum Gasteiger partial charge on any atom is -0.616 e. The summed E-state index contributed by atoms with van der Waals surface area (Å²) in [5.41, 5.74) is 0. The minimum absolute atomic E-state index is 0. The lowest BCUT2D eigenvalue weighted by Crippen LogP contribution is -2.41. The first kappa shape index (κ1) is 13.8. The number of hydrogen-bond acceptors (Lipinski definition) is 1. The Morgan fingerprint density at radius 3 is 1.00 bits per heavy atom. The molecule has 0 radical (unpaired) electrons. The van der Waals surface area contributed by atoms with E-state index in [1.807, 2.05) is 41.5 Å². The van der Waals surface area contributed by atoms with Crippen molar-refractivity contribution < 1.29 is 9.26 Å². The van der Waals surface area contributed by atoms with Gasteiger partial charge in [-0.05, 0) is 52.7 Å². The molecule has 0 saturated carbocycles. The number of hydrogen-bond donors (Lipinski definition) is 0. The smallest absolute Gasteiger partial charge is 0.117 e. The molecule has 0 aromatic heterocycles. The van der Waals surface area contributed by atoms with Crippen LogP contribution in [-0.4, -0.2) is 14.0 Å². The predicted molar refractivity (Wildman–Crippen MR) is 50.2 cm³/mol. The zero-order valence-electron chi connectivity index (χ0n) is 8.22. The van der Waals surface area contributed by atoms with Gasteiger partial charge in [0.05, 0.1) is 0 Å². The fourth-order valence-electron chi connectivity index (χ4n) is 0.919. The fraction of sp³-hybridized carbons (Fsp3) is 1.00. The molecular weight excluding hydrogens is 163 g/mol. The van der Waals surface area contributed by atoms with Crippen LogP contribution in [-0.2, 0) is 11.2 Å². The van der Waals surface area contributed by atoms with Gasteiger partial charge in [-0.15, -0.1) is 0 Å². The van der Waals surface area contributed by atoms with Crippen LogP contribution in [0.25, 0.3) is 0 Å². The standard InChI is InChI=1S/C8H18OS.FH/c1-7(2,3)10(9)8(4,5)6;/h1-6H3;1H. The van der Waals surface area contributed by atoms with Crippen LogP contribution < -0.4 is 0 Å². The first-order valence-corrected chi connectivity index (χ1v) is 4.72. The van der Waals surface area contributed by atoms with E-state index in [9.17, 15) is 4.55 Å². The summed E-state index contributed by atoms with van der Waals surface area (Å²) in [4.78, 5) is 0. The van der Waals surface area contributed by atoms with Crippen LogP contribution in [0, 0.1) is 0 Å². The van der Waals surface area contributed by atoms with Crippen molar-refractivity contribution in [3.63, 3.8) is 0 Å². The molecule has 0 heterocycles.